The van der Waals surface area contributed by atoms with Crippen molar-refractivity contribution in [3.05, 3.63) is 34.4 Å². The third-order valence-electron chi connectivity index (χ3n) is 3.51. The zero-order valence-electron chi connectivity index (χ0n) is 9.99. The van der Waals surface area contributed by atoms with Gasteiger partial charge >= 0.3 is 0 Å². The van der Waals surface area contributed by atoms with Crippen molar-refractivity contribution in [3.63, 3.8) is 0 Å². The van der Waals surface area contributed by atoms with Crippen LogP contribution in [0.5, 0.6) is 0 Å². The van der Waals surface area contributed by atoms with Gasteiger partial charge in [-0.15, -0.1) is 0 Å². The molecule has 1 aliphatic heterocycles. The van der Waals surface area contributed by atoms with Gasteiger partial charge in [-0.05, 0) is 44.0 Å². The van der Waals surface area contributed by atoms with Crippen LogP contribution in [0.3, 0.4) is 0 Å². The number of nitrogens with one attached hydrogen (secondary N) is 1. The van der Waals surface area contributed by atoms with Crippen molar-refractivity contribution in [2.45, 2.75) is 19.4 Å². The number of rotatable bonds is 2. The van der Waals surface area contributed by atoms with E-state index in [9.17, 15) is 9.18 Å². The van der Waals surface area contributed by atoms with Crippen LogP contribution in [0.15, 0.2) is 23.0 Å². The van der Waals surface area contributed by atoms with E-state index in [-0.39, 0.29) is 10.9 Å². The van der Waals surface area contributed by atoms with Crippen LogP contribution in [0.25, 0.3) is 10.1 Å². The Morgan fingerprint density at radius 1 is 1.39 bits per heavy atom. The van der Waals surface area contributed by atoms with Crippen molar-refractivity contribution in [1.29, 1.82) is 0 Å². The first kappa shape index (κ1) is 11.9. The lowest BCUT2D eigenvalue weighted by Crippen LogP contribution is -2.31. The summed E-state index contributed by atoms with van der Waals surface area (Å²) in [6, 6.07) is 4.82. The van der Waals surface area contributed by atoms with Crippen molar-refractivity contribution < 1.29 is 4.39 Å². The molecule has 0 aliphatic carbocycles. The third-order valence-corrected chi connectivity index (χ3v) is 4.58. The van der Waals surface area contributed by atoms with E-state index in [0.29, 0.717) is 5.92 Å². The minimum atomic E-state index is -0.405. The fraction of sp³-hybridized carbons (Fsp3) is 0.462. The molecule has 1 aliphatic rings. The molecule has 1 fully saturated rings. The summed E-state index contributed by atoms with van der Waals surface area (Å²) in [5.41, 5.74) is -0.174. The van der Waals surface area contributed by atoms with Crippen LogP contribution in [0.2, 0.25) is 0 Å². The SMILES string of the molecule is O=c1c2c(F)cccc2sn1CC1CCNCC1. The van der Waals surface area contributed by atoms with Crippen LogP contribution < -0.4 is 10.9 Å². The molecular weight excluding hydrogens is 251 g/mol. The Morgan fingerprint density at radius 3 is 2.89 bits per heavy atom. The summed E-state index contributed by atoms with van der Waals surface area (Å²) in [7, 11) is 0. The quantitative estimate of drug-likeness (QED) is 0.904. The van der Waals surface area contributed by atoms with Gasteiger partial charge in [0, 0.05) is 6.54 Å². The zero-order valence-corrected chi connectivity index (χ0v) is 10.8. The smallest absolute Gasteiger partial charge is 0.271 e. The van der Waals surface area contributed by atoms with Crippen LogP contribution in [0.1, 0.15) is 12.8 Å². The van der Waals surface area contributed by atoms with Gasteiger partial charge in [0.1, 0.15) is 5.82 Å². The number of hydrogen-bond acceptors (Lipinski definition) is 3. The predicted molar refractivity (Wildman–Crippen MR) is 71.6 cm³/mol. The second-order valence-electron chi connectivity index (χ2n) is 4.76. The number of benzene rings is 1. The van der Waals surface area contributed by atoms with E-state index in [2.05, 4.69) is 5.32 Å². The molecule has 0 saturated carbocycles. The Labute approximate surface area is 108 Å². The van der Waals surface area contributed by atoms with Crippen molar-refractivity contribution in [2.75, 3.05) is 13.1 Å². The summed E-state index contributed by atoms with van der Waals surface area (Å²) < 4.78 is 16.1. The summed E-state index contributed by atoms with van der Waals surface area (Å²) in [6.07, 6.45) is 2.17. The van der Waals surface area contributed by atoms with E-state index in [1.165, 1.54) is 17.6 Å². The summed E-state index contributed by atoms with van der Waals surface area (Å²) in [5, 5.41) is 3.55. The minimum absolute atomic E-state index is 0.174. The highest BCUT2D eigenvalue weighted by Crippen LogP contribution is 2.22. The Kier molecular flexibility index (Phi) is 3.18. The standard InChI is InChI=1S/C13H15FN2OS/c14-10-2-1-3-11-12(10)13(17)16(18-11)8-9-4-6-15-7-5-9/h1-3,9,15H,4-8H2. The van der Waals surface area contributed by atoms with Gasteiger partial charge < -0.3 is 5.32 Å². The molecule has 0 amide bonds. The molecule has 1 N–H and O–H groups in total. The maximum Gasteiger partial charge on any atom is 0.271 e. The summed E-state index contributed by atoms with van der Waals surface area (Å²) in [4.78, 5) is 12.1. The highest BCUT2D eigenvalue weighted by atomic mass is 32.1. The number of nitrogens with zero attached hydrogens (tertiary/aromatic N) is 1. The van der Waals surface area contributed by atoms with E-state index in [4.69, 9.17) is 0 Å². The number of hydrogen-bond donors (Lipinski definition) is 1. The molecule has 5 heteroatoms. The van der Waals surface area contributed by atoms with Gasteiger partial charge in [-0.2, -0.15) is 0 Å². The first-order chi connectivity index (χ1) is 8.75. The van der Waals surface area contributed by atoms with Gasteiger partial charge in [0.25, 0.3) is 5.56 Å². The Morgan fingerprint density at radius 2 is 2.17 bits per heavy atom. The van der Waals surface area contributed by atoms with Crippen molar-refractivity contribution in [3.8, 4) is 0 Å². The van der Waals surface area contributed by atoms with Gasteiger partial charge in [-0.1, -0.05) is 17.6 Å². The Balaban J connectivity index is 1.95. The highest BCUT2D eigenvalue weighted by molar-refractivity contribution is 7.13. The molecular formula is C13H15FN2OS. The molecule has 96 valence electrons. The molecule has 1 saturated heterocycles. The van der Waals surface area contributed by atoms with E-state index < -0.39 is 5.82 Å². The van der Waals surface area contributed by atoms with Crippen LogP contribution in [-0.4, -0.2) is 17.0 Å². The molecule has 1 aromatic heterocycles. The lowest BCUT2D eigenvalue weighted by atomic mass is 9.98. The normalized spacial score (nSPS) is 17.4. The van der Waals surface area contributed by atoms with Gasteiger partial charge in [0.15, 0.2) is 0 Å². The maximum atomic E-state index is 13.6. The fourth-order valence-electron chi connectivity index (χ4n) is 2.49. The van der Waals surface area contributed by atoms with E-state index in [0.717, 1.165) is 37.2 Å². The molecule has 1 aromatic carbocycles. The first-order valence-electron chi connectivity index (χ1n) is 6.25. The lowest BCUT2D eigenvalue weighted by molar-refractivity contribution is 0.339. The topological polar surface area (TPSA) is 34.0 Å². The third kappa shape index (κ3) is 2.08. The van der Waals surface area contributed by atoms with Crippen molar-refractivity contribution in [2.24, 2.45) is 5.92 Å². The molecule has 0 radical (unpaired) electrons. The van der Waals surface area contributed by atoms with Gasteiger partial charge in [-0.25, -0.2) is 4.39 Å². The van der Waals surface area contributed by atoms with Gasteiger partial charge in [0.05, 0.1) is 10.1 Å². The van der Waals surface area contributed by atoms with Gasteiger partial charge in [-0.3, -0.25) is 8.75 Å². The molecule has 2 aromatic rings. The maximum absolute atomic E-state index is 13.6. The van der Waals surface area contributed by atoms with E-state index in [1.807, 2.05) is 6.07 Å². The van der Waals surface area contributed by atoms with Crippen LogP contribution >= 0.6 is 11.5 Å². The van der Waals surface area contributed by atoms with Gasteiger partial charge in [0.2, 0.25) is 0 Å². The van der Waals surface area contributed by atoms with E-state index in [1.54, 1.807) is 10.0 Å². The van der Waals surface area contributed by atoms with Crippen molar-refractivity contribution >= 4 is 21.6 Å². The van der Waals surface area contributed by atoms with E-state index >= 15 is 0 Å². The minimum Gasteiger partial charge on any atom is -0.317 e. The number of halogens is 1. The monoisotopic (exact) mass is 266 g/mol. The number of aromatic nitrogens is 1. The second-order valence-corrected chi connectivity index (χ2v) is 5.83. The zero-order chi connectivity index (χ0) is 12.5. The number of piperidine rings is 1. The Bertz CT molecular complexity index is 613. The summed E-state index contributed by atoms with van der Waals surface area (Å²) >= 11 is 1.38. The molecule has 3 rings (SSSR count). The second kappa shape index (κ2) is 4.82. The van der Waals surface area contributed by atoms with Crippen LogP contribution in [0, 0.1) is 11.7 Å². The average Bonchev–Trinajstić information content (AvgIpc) is 2.69. The van der Waals surface area contributed by atoms with Crippen LogP contribution in [-0.2, 0) is 6.54 Å². The molecule has 0 bridgehead atoms. The number of fused-ring (bicyclic) bond motifs is 1. The predicted octanol–water partition coefficient (Wildman–Crippen LogP) is 2.20. The largest absolute Gasteiger partial charge is 0.317 e. The highest BCUT2D eigenvalue weighted by Gasteiger charge is 2.17. The molecule has 0 unspecified atom stereocenters. The summed E-state index contributed by atoms with van der Waals surface area (Å²) in [6.45, 7) is 2.75. The van der Waals surface area contributed by atoms with Crippen molar-refractivity contribution in [1.82, 2.24) is 9.27 Å². The molecule has 0 atom stereocenters. The average molecular weight is 266 g/mol. The Hall–Kier alpha value is -1.20. The molecule has 0 spiro atoms. The summed E-state index contributed by atoms with van der Waals surface area (Å²) in [5.74, 6) is 0.123. The first-order valence-corrected chi connectivity index (χ1v) is 7.02. The van der Waals surface area contributed by atoms with Crippen LogP contribution in [0.4, 0.5) is 4.39 Å². The fourth-order valence-corrected chi connectivity index (χ4v) is 3.60. The lowest BCUT2D eigenvalue weighted by Gasteiger charge is -2.22. The molecule has 2 heterocycles. The molecule has 3 nitrogen and oxygen atoms in total. The molecule has 18 heavy (non-hydrogen) atoms.